The van der Waals surface area contributed by atoms with Gasteiger partial charge in [0, 0.05) is 35.9 Å². The highest BCUT2D eigenvalue weighted by Crippen LogP contribution is 2.25. The second kappa shape index (κ2) is 6.60. The van der Waals surface area contributed by atoms with Crippen molar-refractivity contribution >= 4 is 44.5 Å². The van der Waals surface area contributed by atoms with Gasteiger partial charge in [0.15, 0.2) is 0 Å². The Balaban J connectivity index is 1.53. The molecular weight excluding hydrogens is 368 g/mol. The first kappa shape index (κ1) is 15.2. The van der Waals surface area contributed by atoms with Gasteiger partial charge in [-0.05, 0) is 52.4 Å². The first-order valence-corrected chi connectivity index (χ1v) is 9.50. The number of halogens is 1. The molecular formula is C15H17BrN2OS2. The van der Waals surface area contributed by atoms with Crippen molar-refractivity contribution in [3.8, 4) is 0 Å². The SMILES string of the molecule is CC(CNC(=O)c1csc(Br)c1)N1CCc2sccc2C1. The molecule has 1 amide bonds. The average Bonchev–Trinajstić information content (AvgIpc) is 3.12. The highest BCUT2D eigenvalue weighted by Gasteiger charge is 2.21. The summed E-state index contributed by atoms with van der Waals surface area (Å²) in [4.78, 5) is 16.0. The molecule has 1 unspecified atom stereocenters. The van der Waals surface area contributed by atoms with E-state index in [-0.39, 0.29) is 5.91 Å². The van der Waals surface area contributed by atoms with Crippen LogP contribution in [0.1, 0.15) is 27.7 Å². The molecule has 112 valence electrons. The summed E-state index contributed by atoms with van der Waals surface area (Å²) in [6.07, 6.45) is 1.13. The van der Waals surface area contributed by atoms with E-state index in [0.29, 0.717) is 12.6 Å². The van der Waals surface area contributed by atoms with Gasteiger partial charge in [-0.2, -0.15) is 0 Å². The van der Waals surface area contributed by atoms with Crippen LogP contribution in [0, 0.1) is 0 Å². The first-order chi connectivity index (χ1) is 10.1. The molecule has 2 aromatic rings. The Kier molecular flexibility index (Phi) is 4.78. The number of rotatable bonds is 4. The number of hydrogen-bond donors (Lipinski definition) is 1. The van der Waals surface area contributed by atoms with E-state index in [2.05, 4.69) is 44.5 Å². The molecule has 0 radical (unpaired) electrons. The Bertz CT molecular complexity index is 637. The smallest absolute Gasteiger partial charge is 0.252 e. The number of carbonyl (C=O) groups excluding carboxylic acids is 1. The molecule has 3 heterocycles. The van der Waals surface area contributed by atoms with Gasteiger partial charge in [0.25, 0.3) is 5.91 Å². The van der Waals surface area contributed by atoms with E-state index in [4.69, 9.17) is 0 Å². The number of carbonyl (C=O) groups is 1. The molecule has 3 nitrogen and oxygen atoms in total. The fraction of sp³-hybridized carbons (Fsp3) is 0.400. The van der Waals surface area contributed by atoms with Gasteiger partial charge in [-0.1, -0.05) is 0 Å². The lowest BCUT2D eigenvalue weighted by Crippen LogP contribution is -2.44. The van der Waals surface area contributed by atoms with Crippen molar-refractivity contribution in [1.29, 1.82) is 0 Å². The normalized spacial score (nSPS) is 16.5. The van der Waals surface area contributed by atoms with E-state index in [1.54, 1.807) is 0 Å². The van der Waals surface area contributed by atoms with Crippen LogP contribution in [-0.4, -0.2) is 29.9 Å². The lowest BCUT2D eigenvalue weighted by molar-refractivity contribution is 0.0933. The van der Waals surface area contributed by atoms with Gasteiger partial charge in [-0.15, -0.1) is 22.7 Å². The van der Waals surface area contributed by atoms with Crippen LogP contribution in [0.25, 0.3) is 0 Å². The molecule has 3 rings (SSSR count). The highest BCUT2D eigenvalue weighted by molar-refractivity contribution is 9.11. The lowest BCUT2D eigenvalue weighted by Gasteiger charge is -2.32. The van der Waals surface area contributed by atoms with Crippen molar-refractivity contribution in [2.75, 3.05) is 13.1 Å². The first-order valence-electron chi connectivity index (χ1n) is 6.95. The van der Waals surface area contributed by atoms with Crippen molar-refractivity contribution < 1.29 is 4.79 Å². The number of fused-ring (bicyclic) bond motifs is 1. The minimum Gasteiger partial charge on any atom is -0.350 e. The van der Waals surface area contributed by atoms with E-state index in [1.807, 2.05) is 22.8 Å². The van der Waals surface area contributed by atoms with E-state index in [9.17, 15) is 4.79 Å². The van der Waals surface area contributed by atoms with Crippen molar-refractivity contribution in [1.82, 2.24) is 10.2 Å². The number of thiophene rings is 2. The van der Waals surface area contributed by atoms with E-state index >= 15 is 0 Å². The van der Waals surface area contributed by atoms with E-state index in [0.717, 1.165) is 28.9 Å². The Morgan fingerprint density at radius 2 is 2.38 bits per heavy atom. The minimum atomic E-state index is 0.0111. The number of hydrogen-bond acceptors (Lipinski definition) is 4. The number of nitrogens with one attached hydrogen (secondary N) is 1. The summed E-state index contributed by atoms with van der Waals surface area (Å²) in [6.45, 7) is 4.95. The topological polar surface area (TPSA) is 32.3 Å². The lowest BCUT2D eigenvalue weighted by atomic mass is 10.1. The van der Waals surface area contributed by atoms with Crippen molar-refractivity contribution in [2.45, 2.75) is 25.9 Å². The standard InChI is InChI=1S/C15H17BrN2OS2/c1-10(7-17-15(19)12-6-14(16)21-9-12)18-4-2-13-11(8-18)3-5-20-13/h3,5-6,9-10H,2,4,7-8H2,1H3,(H,17,19). The molecule has 1 aliphatic rings. The summed E-state index contributed by atoms with van der Waals surface area (Å²) < 4.78 is 0.988. The quantitative estimate of drug-likeness (QED) is 0.870. The van der Waals surface area contributed by atoms with Gasteiger partial charge in [-0.25, -0.2) is 0 Å². The van der Waals surface area contributed by atoms with Crippen LogP contribution < -0.4 is 5.32 Å². The summed E-state index contributed by atoms with van der Waals surface area (Å²) in [5.41, 5.74) is 2.18. The second-order valence-corrected chi connectivity index (χ2v) is 8.58. The number of nitrogens with zero attached hydrogens (tertiary/aromatic N) is 1. The molecule has 21 heavy (non-hydrogen) atoms. The maximum absolute atomic E-state index is 12.1. The van der Waals surface area contributed by atoms with Crippen molar-refractivity contribution in [3.05, 3.63) is 42.7 Å². The average molecular weight is 385 g/mol. The molecule has 0 aliphatic carbocycles. The predicted molar refractivity (Wildman–Crippen MR) is 92.2 cm³/mol. The molecule has 6 heteroatoms. The van der Waals surface area contributed by atoms with Crippen LogP contribution in [0.3, 0.4) is 0 Å². The van der Waals surface area contributed by atoms with Gasteiger partial charge >= 0.3 is 0 Å². The zero-order chi connectivity index (χ0) is 14.8. The van der Waals surface area contributed by atoms with Crippen molar-refractivity contribution in [2.24, 2.45) is 0 Å². The maximum Gasteiger partial charge on any atom is 0.252 e. The highest BCUT2D eigenvalue weighted by atomic mass is 79.9. The molecule has 1 N–H and O–H groups in total. The summed E-state index contributed by atoms with van der Waals surface area (Å²) in [6, 6.07) is 4.44. The zero-order valence-corrected chi connectivity index (χ0v) is 15.0. The molecule has 0 fully saturated rings. The fourth-order valence-electron chi connectivity index (χ4n) is 2.55. The van der Waals surface area contributed by atoms with Crippen LogP contribution in [0.15, 0.2) is 26.7 Å². The second-order valence-electron chi connectivity index (χ2n) is 5.29. The Hall–Kier alpha value is -0.690. The van der Waals surface area contributed by atoms with Crippen molar-refractivity contribution in [3.63, 3.8) is 0 Å². The van der Waals surface area contributed by atoms with Crippen LogP contribution in [0.4, 0.5) is 0 Å². The van der Waals surface area contributed by atoms with Crippen LogP contribution in [-0.2, 0) is 13.0 Å². The molecule has 0 saturated heterocycles. The fourth-order valence-corrected chi connectivity index (χ4v) is 4.57. The third-order valence-corrected chi connectivity index (χ3v) is 6.38. The minimum absolute atomic E-state index is 0.0111. The molecule has 0 aromatic carbocycles. The Morgan fingerprint density at radius 1 is 1.52 bits per heavy atom. The monoisotopic (exact) mass is 384 g/mol. The van der Waals surface area contributed by atoms with E-state index in [1.165, 1.54) is 21.8 Å². The van der Waals surface area contributed by atoms with Gasteiger partial charge in [0.1, 0.15) is 0 Å². The zero-order valence-electron chi connectivity index (χ0n) is 11.8. The Labute approximate surface area is 141 Å². The summed E-state index contributed by atoms with van der Waals surface area (Å²) >= 11 is 6.78. The van der Waals surface area contributed by atoms with Crippen LogP contribution in [0.5, 0.6) is 0 Å². The maximum atomic E-state index is 12.1. The van der Waals surface area contributed by atoms with Crippen LogP contribution in [0.2, 0.25) is 0 Å². The molecule has 0 bridgehead atoms. The molecule has 0 saturated carbocycles. The molecule has 1 aliphatic heterocycles. The van der Waals surface area contributed by atoms with Gasteiger partial charge in [-0.3, -0.25) is 9.69 Å². The van der Waals surface area contributed by atoms with Gasteiger partial charge in [0.05, 0.1) is 9.35 Å². The Morgan fingerprint density at radius 3 is 3.14 bits per heavy atom. The largest absolute Gasteiger partial charge is 0.350 e. The number of amides is 1. The third-order valence-electron chi connectivity index (χ3n) is 3.85. The van der Waals surface area contributed by atoms with Gasteiger partial charge < -0.3 is 5.32 Å². The molecule has 2 aromatic heterocycles. The summed E-state index contributed by atoms with van der Waals surface area (Å²) in [7, 11) is 0. The summed E-state index contributed by atoms with van der Waals surface area (Å²) in [5, 5.41) is 7.09. The van der Waals surface area contributed by atoms with Crippen LogP contribution >= 0.6 is 38.6 Å². The van der Waals surface area contributed by atoms with Gasteiger partial charge in [0.2, 0.25) is 0 Å². The van der Waals surface area contributed by atoms with E-state index < -0.39 is 0 Å². The third kappa shape index (κ3) is 3.56. The predicted octanol–water partition coefficient (Wildman–Crippen LogP) is 3.75. The molecule has 0 spiro atoms. The molecule has 1 atom stereocenters. The summed E-state index contributed by atoms with van der Waals surface area (Å²) in [5.74, 6) is 0.0111.